The lowest BCUT2D eigenvalue weighted by Gasteiger charge is -2.05. The smallest absolute Gasteiger partial charge is 0.0343 e. The highest BCUT2D eigenvalue weighted by Gasteiger charge is 1.98. The zero-order valence-corrected chi connectivity index (χ0v) is 7.65. The van der Waals surface area contributed by atoms with E-state index in [9.17, 15) is 0 Å². The first-order valence-corrected chi connectivity index (χ1v) is 3.91. The number of allylic oxidation sites excluding steroid dienone is 3. The van der Waals surface area contributed by atoms with Gasteiger partial charge in [-0.05, 0) is 31.4 Å². The van der Waals surface area contributed by atoms with Gasteiger partial charge in [0.2, 0.25) is 0 Å². The van der Waals surface area contributed by atoms with Gasteiger partial charge in [-0.15, -0.1) is 0 Å². The molecule has 0 aromatic heterocycles. The number of hydrogen-bond acceptors (Lipinski definition) is 1. The maximum Gasteiger partial charge on any atom is 0.0343 e. The summed E-state index contributed by atoms with van der Waals surface area (Å²) in [5.41, 5.74) is 8.66. The van der Waals surface area contributed by atoms with Gasteiger partial charge < -0.3 is 5.73 Å². The van der Waals surface area contributed by atoms with Crippen LogP contribution in [0.3, 0.4) is 0 Å². The molecule has 0 saturated heterocycles. The van der Waals surface area contributed by atoms with Gasteiger partial charge in [0.15, 0.2) is 0 Å². The molecule has 0 heterocycles. The van der Waals surface area contributed by atoms with Crippen molar-refractivity contribution in [2.75, 3.05) is 0 Å². The Morgan fingerprint density at radius 2 is 2.09 bits per heavy atom. The quantitative estimate of drug-likeness (QED) is 0.617. The molecule has 0 saturated carbocycles. The molecule has 0 fully saturated rings. The molecule has 0 rings (SSSR count). The van der Waals surface area contributed by atoms with Crippen molar-refractivity contribution < 1.29 is 0 Å². The molecule has 0 unspecified atom stereocenters. The molecule has 0 amide bonds. The third kappa shape index (κ3) is 3.08. The standard InChI is InChI=1S/C10H17N/c1-5-7-9(8(3)4)10(11)6-2/h6-7H,3,5,11H2,1-2,4H3/b9-7-,10-6+. The molecule has 0 aliphatic heterocycles. The molecule has 0 spiro atoms. The van der Waals surface area contributed by atoms with E-state index in [1.165, 1.54) is 0 Å². The topological polar surface area (TPSA) is 26.0 Å². The average molecular weight is 151 g/mol. The van der Waals surface area contributed by atoms with Crippen molar-refractivity contribution in [2.24, 2.45) is 5.73 Å². The first-order chi connectivity index (χ1) is 5.13. The lowest BCUT2D eigenvalue weighted by molar-refractivity contribution is 1.16. The summed E-state index contributed by atoms with van der Waals surface area (Å²) in [6, 6.07) is 0. The molecule has 0 aromatic rings. The Hall–Kier alpha value is -0.980. The van der Waals surface area contributed by atoms with Gasteiger partial charge >= 0.3 is 0 Å². The zero-order valence-electron chi connectivity index (χ0n) is 7.65. The summed E-state index contributed by atoms with van der Waals surface area (Å²) in [5.74, 6) is 0. The summed E-state index contributed by atoms with van der Waals surface area (Å²) in [7, 11) is 0. The molecule has 11 heavy (non-hydrogen) atoms. The van der Waals surface area contributed by atoms with Gasteiger partial charge in [0, 0.05) is 5.70 Å². The normalized spacial score (nSPS) is 13.4. The highest BCUT2D eigenvalue weighted by molar-refractivity contribution is 5.42. The van der Waals surface area contributed by atoms with Crippen LogP contribution in [0.25, 0.3) is 0 Å². The third-order valence-corrected chi connectivity index (χ3v) is 1.49. The van der Waals surface area contributed by atoms with E-state index in [1.807, 2.05) is 19.9 Å². The number of rotatable bonds is 3. The van der Waals surface area contributed by atoms with E-state index in [1.54, 1.807) is 0 Å². The van der Waals surface area contributed by atoms with Crippen molar-refractivity contribution in [3.05, 3.63) is 35.6 Å². The van der Waals surface area contributed by atoms with Crippen LogP contribution in [-0.4, -0.2) is 0 Å². The molecule has 0 atom stereocenters. The second kappa shape index (κ2) is 4.78. The minimum Gasteiger partial charge on any atom is -0.399 e. The van der Waals surface area contributed by atoms with E-state index in [4.69, 9.17) is 5.73 Å². The summed E-state index contributed by atoms with van der Waals surface area (Å²) in [5, 5.41) is 0. The van der Waals surface area contributed by atoms with Gasteiger partial charge in [0.1, 0.15) is 0 Å². The van der Waals surface area contributed by atoms with E-state index in [0.717, 1.165) is 23.3 Å². The zero-order chi connectivity index (χ0) is 8.85. The molecule has 0 aliphatic rings. The van der Waals surface area contributed by atoms with Crippen molar-refractivity contribution in [1.82, 2.24) is 0 Å². The SMILES string of the molecule is C=C(C)C(=C/CC)/C(N)=C\C. The number of hydrogen-bond donors (Lipinski definition) is 1. The second-order valence-corrected chi connectivity index (χ2v) is 2.55. The largest absolute Gasteiger partial charge is 0.399 e. The average Bonchev–Trinajstić information content (AvgIpc) is 1.98. The van der Waals surface area contributed by atoms with Crippen LogP contribution in [0.2, 0.25) is 0 Å². The molecule has 2 N–H and O–H groups in total. The van der Waals surface area contributed by atoms with Crippen LogP contribution >= 0.6 is 0 Å². The van der Waals surface area contributed by atoms with E-state index in [2.05, 4.69) is 19.6 Å². The van der Waals surface area contributed by atoms with Gasteiger partial charge in [-0.2, -0.15) is 0 Å². The Morgan fingerprint density at radius 3 is 2.36 bits per heavy atom. The summed E-state index contributed by atoms with van der Waals surface area (Å²) >= 11 is 0. The maximum atomic E-state index is 5.74. The van der Waals surface area contributed by atoms with E-state index in [-0.39, 0.29) is 0 Å². The number of nitrogens with two attached hydrogens (primary N) is 1. The van der Waals surface area contributed by atoms with E-state index in [0.29, 0.717) is 0 Å². The van der Waals surface area contributed by atoms with Crippen molar-refractivity contribution in [3.8, 4) is 0 Å². The fourth-order valence-corrected chi connectivity index (χ4v) is 0.898. The molecular weight excluding hydrogens is 134 g/mol. The molecule has 0 aliphatic carbocycles. The summed E-state index contributed by atoms with van der Waals surface area (Å²) < 4.78 is 0. The van der Waals surface area contributed by atoms with Crippen LogP contribution < -0.4 is 5.73 Å². The fraction of sp³-hybridized carbons (Fsp3) is 0.400. The van der Waals surface area contributed by atoms with Gasteiger partial charge in [0.25, 0.3) is 0 Å². The molecule has 0 bridgehead atoms. The Balaban J connectivity index is 4.62. The van der Waals surface area contributed by atoms with Crippen LogP contribution in [0.15, 0.2) is 35.6 Å². The van der Waals surface area contributed by atoms with Gasteiger partial charge in [-0.25, -0.2) is 0 Å². The van der Waals surface area contributed by atoms with E-state index >= 15 is 0 Å². The minimum atomic E-state index is 0.819. The fourth-order valence-electron chi connectivity index (χ4n) is 0.898. The second-order valence-electron chi connectivity index (χ2n) is 2.55. The highest BCUT2D eigenvalue weighted by Crippen LogP contribution is 2.13. The molecule has 1 nitrogen and oxygen atoms in total. The molecule has 1 heteroatoms. The van der Waals surface area contributed by atoms with Crippen molar-refractivity contribution in [3.63, 3.8) is 0 Å². The maximum absolute atomic E-state index is 5.74. The van der Waals surface area contributed by atoms with Gasteiger partial charge in [0.05, 0.1) is 0 Å². The Morgan fingerprint density at radius 1 is 1.55 bits per heavy atom. The first-order valence-electron chi connectivity index (χ1n) is 3.91. The predicted octanol–water partition coefficient (Wildman–Crippen LogP) is 2.76. The van der Waals surface area contributed by atoms with Crippen LogP contribution in [-0.2, 0) is 0 Å². The van der Waals surface area contributed by atoms with E-state index < -0.39 is 0 Å². The van der Waals surface area contributed by atoms with Crippen molar-refractivity contribution in [2.45, 2.75) is 27.2 Å². The molecule has 0 radical (unpaired) electrons. The van der Waals surface area contributed by atoms with Crippen LogP contribution in [0.4, 0.5) is 0 Å². The summed E-state index contributed by atoms with van der Waals surface area (Å²) in [6.45, 7) is 9.85. The van der Waals surface area contributed by atoms with Gasteiger partial charge in [-0.3, -0.25) is 0 Å². The van der Waals surface area contributed by atoms with Gasteiger partial charge in [-0.1, -0.05) is 25.7 Å². The van der Waals surface area contributed by atoms with Crippen LogP contribution in [0.5, 0.6) is 0 Å². The summed E-state index contributed by atoms with van der Waals surface area (Å²) in [6.07, 6.45) is 4.99. The van der Waals surface area contributed by atoms with Crippen LogP contribution in [0.1, 0.15) is 27.2 Å². The Bertz CT molecular complexity index is 197. The summed E-state index contributed by atoms with van der Waals surface area (Å²) in [4.78, 5) is 0. The third-order valence-electron chi connectivity index (χ3n) is 1.49. The Kier molecular flexibility index (Phi) is 4.35. The first kappa shape index (κ1) is 10.0. The predicted molar refractivity (Wildman–Crippen MR) is 51.1 cm³/mol. The highest BCUT2D eigenvalue weighted by atomic mass is 14.6. The lowest BCUT2D eigenvalue weighted by Crippen LogP contribution is -2.01. The monoisotopic (exact) mass is 151 g/mol. The van der Waals surface area contributed by atoms with Crippen LogP contribution in [0, 0.1) is 0 Å². The van der Waals surface area contributed by atoms with Crippen molar-refractivity contribution in [1.29, 1.82) is 0 Å². The molecule has 0 aromatic carbocycles. The molecular formula is C10H17N. The minimum absolute atomic E-state index is 0.819. The molecule has 62 valence electrons. The Labute approximate surface area is 69.3 Å². The van der Waals surface area contributed by atoms with Crippen molar-refractivity contribution >= 4 is 0 Å². The lowest BCUT2D eigenvalue weighted by atomic mass is 10.1.